The molecule has 2 aromatic rings. The summed E-state index contributed by atoms with van der Waals surface area (Å²) in [4.78, 5) is 27.8. The average Bonchev–Trinajstić information content (AvgIpc) is 3.07. The van der Waals surface area contributed by atoms with Crippen molar-refractivity contribution in [3.8, 4) is 11.5 Å². The minimum Gasteiger partial charge on any atom is -0.507 e. The van der Waals surface area contributed by atoms with Crippen molar-refractivity contribution in [1.29, 1.82) is 0 Å². The lowest BCUT2D eigenvalue weighted by Crippen LogP contribution is -2.31. The molecule has 0 saturated carbocycles. The molecule has 1 unspecified atom stereocenters. The second kappa shape index (κ2) is 11.7. The zero-order chi connectivity index (χ0) is 24.7. The van der Waals surface area contributed by atoms with Crippen molar-refractivity contribution in [1.82, 2.24) is 4.90 Å². The molecule has 0 aliphatic carbocycles. The first-order valence-corrected chi connectivity index (χ1v) is 11.7. The summed E-state index contributed by atoms with van der Waals surface area (Å²) >= 11 is 0. The SMILES string of the molecule is CCOc1ccc(/C(O)=C2/C(=O)C(=O)N(CCCOC(C)C)C2c2ccccc2)c(OCC)c1. The summed E-state index contributed by atoms with van der Waals surface area (Å²) in [6, 6.07) is 13.6. The lowest BCUT2D eigenvalue weighted by atomic mass is 9.95. The van der Waals surface area contributed by atoms with Gasteiger partial charge in [-0.25, -0.2) is 0 Å². The van der Waals surface area contributed by atoms with E-state index in [0.29, 0.717) is 49.8 Å². The first kappa shape index (κ1) is 25.3. The number of benzene rings is 2. The van der Waals surface area contributed by atoms with E-state index in [1.165, 1.54) is 4.90 Å². The van der Waals surface area contributed by atoms with Gasteiger partial charge >= 0.3 is 0 Å². The maximum Gasteiger partial charge on any atom is 0.295 e. The van der Waals surface area contributed by atoms with Crippen molar-refractivity contribution in [3.63, 3.8) is 0 Å². The van der Waals surface area contributed by atoms with Gasteiger partial charge in [0.05, 0.1) is 36.5 Å². The van der Waals surface area contributed by atoms with Crippen molar-refractivity contribution in [3.05, 3.63) is 65.2 Å². The molecule has 0 aromatic heterocycles. The molecular formula is C27H33NO6. The van der Waals surface area contributed by atoms with E-state index in [1.54, 1.807) is 18.2 Å². The maximum atomic E-state index is 13.2. The zero-order valence-corrected chi connectivity index (χ0v) is 20.2. The molecule has 34 heavy (non-hydrogen) atoms. The zero-order valence-electron chi connectivity index (χ0n) is 20.2. The van der Waals surface area contributed by atoms with Crippen molar-refractivity contribution in [2.24, 2.45) is 0 Å². The highest BCUT2D eigenvalue weighted by atomic mass is 16.5. The highest BCUT2D eigenvalue weighted by Gasteiger charge is 2.46. The molecule has 0 radical (unpaired) electrons. The molecule has 7 nitrogen and oxygen atoms in total. The second-order valence-electron chi connectivity index (χ2n) is 8.20. The van der Waals surface area contributed by atoms with Gasteiger partial charge < -0.3 is 24.2 Å². The Balaban J connectivity index is 2.07. The molecule has 182 valence electrons. The van der Waals surface area contributed by atoms with Gasteiger partial charge in [-0.3, -0.25) is 9.59 Å². The summed E-state index contributed by atoms with van der Waals surface area (Å²) in [6.07, 6.45) is 0.652. The smallest absolute Gasteiger partial charge is 0.295 e. The molecule has 2 aromatic carbocycles. The molecule has 0 spiro atoms. The number of aliphatic hydroxyl groups is 1. The van der Waals surface area contributed by atoms with Crippen molar-refractivity contribution in [2.75, 3.05) is 26.4 Å². The predicted octanol–water partition coefficient (Wildman–Crippen LogP) is 4.72. The average molecular weight is 468 g/mol. The molecule has 1 N–H and O–H groups in total. The van der Waals surface area contributed by atoms with Crippen LogP contribution >= 0.6 is 0 Å². The van der Waals surface area contributed by atoms with Crippen LogP contribution in [0.3, 0.4) is 0 Å². The van der Waals surface area contributed by atoms with Gasteiger partial charge in [-0.05, 0) is 51.8 Å². The van der Waals surface area contributed by atoms with Gasteiger partial charge in [-0.15, -0.1) is 0 Å². The Hall–Kier alpha value is -3.32. The van der Waals surface area contributed by atoms with Crippen LogP contribution in [-0.2, 0) is 14.3 Å². The Labute approximate surface area is 200 Å². The Bertz CT molecular complexity index is 1030. The normalized spacial score (nSPS) is 17.4. The molecule has 1 aliphatic rings. The lowest BCUT2D eigenvalue weighted by Gasteiger charge is -2.25. The Morgan fingerprint density at radius 2 is 1.74 bits per heavy atom. The fraction of sp³-hybridized carbons (Fsp3) is 0.407. The van der Waals surface area contributed by atoms with Gasteiger partial charge in [0.2, 0.25) is 0 Å². The number of hydrogen-bond acceptors (Lipinski definition) is 6. The van der Waals surface area contributed by atoms with Crippen LogP contribution in [0.2, 0.25) is 0 Å². The largest absolute Gasteiger partial charge is 0.507 e. The molecule has 1 amide bonds. The van der Waals surface area contributed by atoms with Crippen LogP contribution in [0.1, 0.15) is 51.3 Å². The highest BCUT2D eigenvalue weighted by Crippen LogP contribution is 2.41. The van der Waals surface area contributed by atoms with Crippen LogP contribution in [0.5, 0.6) is 11.5 Å². The Kier molecular flexibility index (Phi) is 8.71. The van der Waals surface area contributed by atoms with Gasteiger partial charge in [0.1, 0.15) is 17.3 Å². The van der Waals surface area contributed by atoms with Gasteiger partial charge in [-0.1, -0.05) is 30.3 Å². The van der Waals surface area contributed by atoms with Crippen LogP contribution in [-0.4, -0.2) is 54.2 Å². The van der Waals surface area contributed by atoms with Gasteiger partial charge in [0, 0.05) is 19.2 Å². The first-order valence-electron chi connectivity index (χ1n) is 11.7. The third-order valence-corrected chi connectivity index (χ3v) is 5.47. The minimum absolute atomic E-state index is 0.0473. The lowest BCUT2D eigenvalue weighted by molar-refractivity contribution is -0.140. The summed E-state index contributed by atoms with van der Waals surface area (Å²) < 4.78 is 16.9. The molecule has 1 atom stereocenters. The molecule has 1 heterocycles. The first-order chi connectivity index (χ1) is 16.4. The topological polar surface area (TPSA) is 85.3 Å². The molecule has 0 bridgehead atoms. The molecule has 3 rings (SSSR count). The maximum absolute atomic E-state index is 13.2. The van der Waals surface area contributed by atoms with Gasteiger partial charge in [0.15, 0.2) is 0 Å². The predicted molar refractivity (Wildman–Crippen MR) is 130 cm³/mol. The van der Waals surface area contributed by atoms with Crippen molar-refractivity contribution in [2.45, 2.75) is 46.3 Å². The Morgan fingerprint density at radius 3 is 2.38 bits per heavy atom. The number of ketones is 1. The summed E-state index contributed by atoms with van der Waals surface area (Å²) in [5, 5.41) is 11.4. The van der Waals surface area contributed by atoms with E-state index in [2.05, 4.69) is 0 Å². The van der Waals surface area contributed by atoms with E-state index >= 15 is 0 Å². The highest BCUT2D eigenvalue weighted by molar-refractivity contribution is 6.46. The third-order valence-electron chi connectivity index (χ3n) is 5.47. The monoisotopic (exact) mass is 467 g/mol. The number of carbonyl (C=O) groups excluding carboxylic acids is 2. The molecule has 1 fully saturated rings. The number of ether oxygens (including phenoxy) is 3. The summed E-state index contributed by atoms with van der Waals surface area (Å²) in [5.74, 6) is -0.641. The Morgan fingerprint density at radius 1 is 1.03 bits per heavy atom. The molecule has 7 heteroatoms. The summed E-state index contributed by atoms with van der Waals surface area (Å²) in [5.41, 5.74) is 1.13. The fourth-order valence-corrected chi connectivity index (χ4v) is 4.02. The van der Waals surface area contributed by atoms with Crippen LogP contribution in [0.25, 0.3) is 5.76 Å². The van der Waals surface area contributed by atoms with Crippen molar-refractivity contribution < 1.29 is 28.9 Å². The number of likely N-dealkylation sites (tertiary alicyclic amines) is 1. The molecule has 1 saturated heterocycles. The molecular weight excluding hydrogens is 434 g/mol. The fourth-order valence-electron chi connectivity index (χ4n) is 4.02. The molecule has 1 aliphatic heterocycles. The quantitative estimate of drug-likeness (QED) is 0.223. The van der Waals surface area contributed by atoms with Gasteiger partial charge in [0.25, 0.3) is 11.7 Å². The number of nitrogens with zero attached hydrogens (tertiary/aromatic N) is 1. The number of aliphatic hydroxyl groups excluding tert-OH is 1. The van der Waals surface area contributed by atoms with Crippen LogP contribution in [0.15, 0.2) is 54.1 Å². The van der Waals surface area contributed by atoms with E-state index in [1.807, 2.05) is 58.0 Å². The third kappa shape index (κ3) is 5.59. The second-order valence-corrected chi connectivity index (χ2v) is 8.20. The van der Waals surface area contributed by atoms with Crippen molar-refractivity contribution >= 4 is 17.4 Å². The summed E-state index contributed by atoms with van der Waals surface area (Å²) in [7, 11) is 0. The van der Waals surface area contributed by atoms with E-state index in [-0.39, 0.29) is 17.4 Å². The van der Waals surface area contributed by atoms with E-state index in [0.717, 1.165) is 5.56 Å². The number of Topliss-reactive ketones (excluding diaryl/α,β-unsaturated/α-hetero) is 1. The minimum atomic E-state index is -0.715. The van der Waals surface area contributed by atoms with Gasteiger partial charge in [-0.2, -0.15) is 0 Å². The van der Waals surface area contributed by atoms with Crippen LogP contribution in [0, 0.1) is 0 Å². The summed E-state index contributed by atoms with van der Waals surface area (Å²) in [6.45, 7) is 9.25. The van der Waals surface area contributed by atoms with E-state index in [4.69, 9.17) is 14.2 Å². The van der Waals surface area contributed by atoms with E-state index < -0.39 is 17.7 Å². The van der Waals surface area contributed by atoms with Crippen LogP contribution in [0.4, 0.5) is 0 Å². The number of amides is 1. The van der Waals surface area contributed by atoms with Crippen LogP contribution < -0.4 is 9.47 Å². The number of carbonyl (C=O) groups is 2. The standard InChI is InChI=1S/C27H33NO6/c1-5-32-20-13-14-21(22(17-20)33-6-2)25(29)23-24(19-11-8-7-9-12-19)28(27(31)26(23)30)15-10-16-34-18(3)4/h7-9,11-14,17-18,24,29H,5-6,10,15-16H2,1-4H3/b25-23-. The number of rotatable bonds is 11. The van der Waals surface area contributed by atoms with E-state index in [9.17, 15) is 14.7 Å². The number of hydrogen-bond donors (Lipinski definition) is 1.